The molecule has 1 amide bonds. The van der Waals surface area contributed by atoms with Crippen LogP contribution in [0.3, 0.4) is 0 Å². The predicted octanol–water partition coefficient (Wildman–Crippen LogP) is 8.28. The van der Waals surface area contributed by atoms with Crippen LogP contribution in [0.15, 0.2) is 78.9 Å². The van der Waals surface area contributed by atoms with Crippen LogP contribution in [0.25, 0.3) is 10.9 Å². The molecule has 238 valence electrons. The van der Waals surface area contributed by atoms with Crippen LogP contribution in [0.5, 0.6) is 0 Å². The number of carbonyl (C=O) groups excluding carboxylic acids is 2. The Morgan fingerprint density at radius 3 is 2.27 bits per heavy atom. The summed E-state index contributed by atoms with van der Waals surface area (Å²) in [6, 6.07) is 29.0. The monoisotopic (exact) mass is 606 g/mol. The van der Waals surface area contributed by atoms with Crippen molar-refractivity contribution in [3.8, 4) is 0 Å². The molecule has 1 saturated heterocycles. The highest BCUT2D eigenvalue weighted by atomic mass is 16.2. The average Bonchev–Trinajstić information content (AvgIpc) is 3.82. The number of nitrogens with zero attached hydrogens (tertiary/aromatic N) is 4. The molecule has 6 rings (SSSR count). The van der Waals surface area contributed by atoms with Gasteiger partial charge in [0.05, 0.1) is 28.8 Å². The summed E-state index contributed by atoms with van der Waals surface area (Å²) in [4.78, 5) is 27.0. The van der Waals surface area contributed by atoms with Crippen LogP contribution in [0.1, 0.15) is 107 Å². The maximum Gasteiger partial charge on any atom is 0.223 e. The highest BCUT2D eigenvalue weighted by Crippen LogP contribution is 2.46. The third-order valence-electron chi connectivity index (χ3n) is 10.2. The van der Waals surface area contributed by atoms with E-state index >= 15 is 0 Å². The molecule has 2 aliphatic rings. The van der Waals surface area contributed by atoms with Crippen LogP contribution in [0.4, 0.5) is 0 Å². The summed E-state index contributed by atoms with van der Waals surface area (Å²) in [7, 11) is 0. The van der Waals surface area contributed by atoms with Crippen LogP contribution >= 0.6 is 0 Å². The number of fused-ring (bicyclic) bond motifs is 1. The maximum atomic E-state index is 14.1. The lowest BCUT2D eigenvalue weighted by atomic mass is 9.79. The molecular weight excluding hydrogens is 556 g/mol. The van der Waals surface area contributed by atoms with Gasteiger partial charge in [0.1, 0.15) is 6.79 Å². The molecule has 0 N–H and O–H groups in total. The van der Waals surface area contributed by atoms with Gasteiger partial charge in [-0.3, -0.25) is 14.4 Å². The van der Waals surface area contributed by atoms with Gasteiger partial charge in [-0.1, -0.05) is 106 Å². The number of aromatic nitrogens is 2. The number of carbonyl (C=O) groups is 2. The molecule has 45 heavy (non-hydrogen) atoms. The van der Waals surface area contributed by atoms with E-state index in [0.717, 1.165) is 32.5 Å². The number of benzene rings is 3. The fourth-order valence-corrected chi connectivity index (χ4v) is 8.11. The van der Waals surface area contributed by atoms with Crippen molar-refractivity contribution in [3.05, 3.63) is 101 Å². The SMILES string of the molecule is C=O.CCC(=O)N(C(CC)c1ccccc1)[C@]1(C)CN(Cc2ccccc2)C[C@H]1c1ccc2c(CC)nn(C3CCCC3)c2c1. The summed E-state index contributed by atoms with van der Waals surface area (Å²) in [6.45, 7) is 13.4. The Balaban J connectivity index is 0.00000196. The molecule has 1 aromatic heterocycles. The van der Waals surface area contributed by atoms with Crippen molar-refractivity contribution in [3.63, 3.8) is 0 Å². The molecule has 2 fully saturated rings. The number of rotatable bonds is 10. The van der Waals surface area contributed by atoms with Gasteiger partial charge in [-0.05, 0) is 55.4 Å². The summed E-state index contributed by atoms with van der Waals surface area (Å²) in [6.07, 6.45) is 7.31. The quantitative estimate of drug-likeness (QED) is 0.182. The van der Waals surface area contributed by atoms with Crippen molar-refractivity contribution in [1.82, 2.24) is 19.6 Å². The molecule has 0 spiro atoms. The van der Waals surface area contributed by atoms with E-state index in [0.29, 0.717) is 12.5 Å². The van der Waals surface area contributed by atoms with E-state index in [2.05, 4.69) is 114 Å². The van der Waals surface area contributed by atoms with Gasteiger partial charge in [0, 0.05) is 37.4 Å². The first-order valence-electron chi connectivity index (χ1n) is 16.9. The van der Waals surface area contributed by atoms with E-state index in [4.69, 9.17) is 9.89 Å². The molecule has 3 atom stereocenters. The number of hydrogen-bond donors (Lipinski definition) is 0. The second-order valence-electron chi connectivity index (χ2n) is 13.0. The molecule has 1 unspecified atom stereocenters. The Labute approximate surface area is 269 Å². The molecule has 1 saturated carbocycles. The van der Waals surface area contributed by atoms with Gasteiger partial charge in [0.2, 0.25) is 5.91 Å². The lowest BCUT2D eigenvalue weighted by Gasteiger charge is -2.47. The molecule has 3 aromatic carbocycles. The van der Waals surface area contributed by atoms with Crippen molar-refractivity contribution < 1.29 is 9.59 Å². The molecule has 0 bridgehead atoms. The van der Waals surface area contributed by atoms with E-state index in [1.165, 1.54) is 59.0 Å². The van der Waals surface area contributed by atoms with E-state index < -0.39 is 0 Å². The third kappa shape index (κ3) is 6.48. The maximum absolute atomic E-state index is 14.1. The lowest BCUT2D eigenvalue weighted by Crippen LogP contribution is -2.55. The summed E-state index contributed by atoms with van der Waals surface area (Å²) in [5.74, 6) is 0.404. The first-order valence-corrected chi connectivity index (χ1v) is 16.9. The van der Waals surface area contributed by atoms with Gasteiger partial charge in [0.15, 0.2) is 0 Å². The fraction of sp³-hybridized carbons (Fsp3) is 0.462. The molecule has 1 aliphatic heterocycles. The number of amides is 1. The van der Waals surface area contributed by atoms with E-state index in [-0.39, 0.29) is 23.4 Å². The largest absolute Gasteiger partial charge is 0.328 e. The first-order chi connectivity index (χ1) is 22.0. The minimum atomic E-state index is -0.377. The van der Waals surface area contributed by atoms with Crippen LogP contribution in [0.2, 0.25) is 0 Å². The van der Waals surface area contributed by atoms with Gasteiger partial charge in [-0.25, -0.2) is 0 Å². The Morgan fingerprint density at radius 2 is 1.64 bits per heavy atom. The van der Waals surface area contributed by atoms with Crippen LogP contribution in [0, 0.1) is 0 Å². The average molecular weight is 607 g/mol. The van der Waals surface area contributed by atoms with Gasteiger partial charge >= 0.3 is 0 Å². The van der Waals surface area contributed by atoms with Gasteiger partial charge in [0.25, 0.3) is 0 Å². The standard InChI is InChI=1S/C38H48N4O.CH2O/c1-5-34-32-23-22-30(24-36(32)42(39-34)31-20-14-15-21-31)33-26-40(25-28-16-10-8-11-17-28)27-38(33,4)41(37(43)7-3)35(6-2)29-18-12-9-13-19-29;1-2/h8-13,16-19,22-24,31,33,35H,5-7,14-15,20-21,25-27H2,1-4H3;1H2/t33-,35?,38+;/m0./s1. The second-order valence-corrected chi connectivity index (χ2v) is 13.0. The highest BCUT2D eigenvalue weighted by Gasteiger charge is 2.51. The van der Waals surface area contributed by atoms with E-state index in [1.807, 2.05) is 13.7 Å². The van der Waals surface area contributed by atoms with Crippen molar-refractivity contribution in [2.75, 3.05) is 13.1 Å². The van der Waals surface area contributed by atoms with Crippen LogP contribution in [-0.2, 0) is 22.6 Å². The van der Waals surface area contributed by atoms with Crippen molar-refractivity contribution in [2.45, 2.75) is 103 Å². The molecule has 4 aromatic rings. The summed E-state index contributed by atoms with van der Waals surface area (Å²) >= 11 is 0. The third-order valence-corrected chi connectivity index (χ3v) is 10.2. The number of hydrogen-bond acceptors (Lipinski definition) is 4. The summed E-state index contributed by atoms with van der Waals surface area (Å²) in [5.41, 5.74) is 5.95. The molecule has 6 heteroatoms. The Morgan fingerprint density at radius 1 is 0.978 bits per heavy atom. The van der Waals surface area contributed by atoms with Gasteiger partial charge < -0.3 is 9.69 Å². The zero-order valence-electron chi connectivity index (χ0n) is 27.6. The van der Waals surface area contributed by atoms with Crippen molar-refractivity contribution in [2.24, 2.45) is 0 Å². The molecule has 0 radical (unpaired) electrons. The van der Waals surface area contributed by atoms with Crippen molar-refractivity contribution >= 4 is 23.6 Å². The topological polar surface area (TPSA) is 58.4 Å². The lowest BCUT2D eigenvalue weighted by molar-refractivity contribution is -0.141. The molecule has 6 nitrogen and oxygen atoms in total. The summed E-state index contributed by atoms with van der Waals surface area (Å²) in [5, 5.41) is 6.45. The second kappa shape index (κ2) is 14.6. The minimum Gasteiger partial charge on any atom is -0.328 e. The normalized spacial score (nSPS) is 21.0. The Bertz CT molecular complexity index is 1550. The smallest absolute Gasteiger partial charge is 0.223 e. The zero-order chi connectivity index (χ0) is 32.0. The summed E-state index contributed by atoms with van der Waals surface area (Å²) < 4.78 is 2.35. The molecule has 2 heterocycles. The van der Waals surface area contributed by atoms with Gasteiger partial charge in [-0.15, -0.1) is 0 Å². The number of aryl methyl sites for hydroxylation is 1. The Kier molecular flexibility index (Phi) is 10.5. The first kappa shape index (κ1) is 32.6. The fourth-order valence-electron chi connectivity index (χ4n) is 8.11. The predicted molar refractivity (Wildman–Crippen MR) is 183 cm³/mol. The van der Waals surface area contributed by atoms with E-state index in [9.17, 15) is 4.79 Å². The highest BCUT2D eigenvalue weighted by molar-refractivity contribution is 5.83. The molecule has 1 aliphatic carbocycles. The zero-order valence-corrected chi connectivity index (χ0v) is 27.6. The van der Waals surface area contributed by atoms with Crippen LogP contribution < -0.4 is 0 Å². The van der Waals surface area contributed by atoms with Gasteiger partial charge in [-0.2, -0.15) is 5.10 Å². The van der Waals surface area contributed by atoms with Crippen LogP contribution in [-0.4, -0.2) is 50.9 Å². The van der Waals surface area contributed by atoms with Crippen molar-refractivity contribution in [1.29, 1.82) is 0 Å². The number of likely N-dealkylation sites (tertiary alicyclic amines) is 1. The van der Waals surface area contributed by atoms with E-state index in [1.54, 1.807) is 0 Å². The molecular formula is C39H50N4O2. The Hall–Kier alpha value is -3.77. The minimum absolute atomic E-state index is 0.0252.